The third kappa shape index (κ3) is 1.65. The molecule has 0 radical (unpaired) electrons. The number of anilines is 1. The molecule has 18 heavy (non-hydrogen) atoms. The number of fused-ring (bicyclic) bond motifs is 1. The number of nitrogens with two attached hydrogens (primary N) is 1. The number of rotatable bonds is 3. The van der Waals surface area contributed by atoms with Gasteiger partial charge in [0.25, 0.3) is 0 Å². The topological polar surface area (TPSA) is 89.9 Å². The molecule has 0 amide bonds. The van der Waals surface area contributed by atoms with Gasteiger partial charge in [0.15, 0.2) is 11.5 Å². The molecule has 0 saturated heterocycles. The normalized spacial score (nSPS) is 22.9. The first-order valence-corrected chi connectivity index (χ1v) is 6.02. The van der Waals surface area contributed by atoms with E-state index in [9.17, 15) is 0 Å². The molecule has 2 aromatic rings. The van der Waals surface area contributed by atoms with Gasteiger partial charge in [0.2, 0.25) is 0 Å². The molecule has 3 rings (SSSR count). The Bertz CT molecular complexity index is 591. The van der Waals surface area contributed by atoms with E-state index < -0.39 is 0 Å². The first-order chi connectivity index (χ1) is 8.81. The second-order valence-electron chi connectivity index (χ2n) is 4.51. The summed E-state index contributed by atoms with van der Waals surface area (Å²) in [7, 11) is 0. The third-order valence-corrected chi connectivity index (χ3v) is 3.46. The van der Waals surface area contributed by atoms with E-state index in [2.05, 4.69) is 27.1 Å². The fourth-order valence-electron chi connectivity index (χ4n) is 2.55. The largest absolute Gasteiger partial charge is 0.396 e. The van der Waals surface area contributed by atoms with Crippen LogP contribution in [0.2, 0.25) is 0 Å². The molecule has 6 nitrogen and oxygen atoms in total. The van der Waals surface area contributed by atoms with Crippen LogP contribution < -0.4 is 5.73 Å². The fraction of sp³-hybridized carbons (Fsp3) is 0.417. The van der Waals surface area contributed by atoms with Crippen LogP contribution in [0.3, 0.4) is 0 Å². The molecule has 0 aromatic carbocycles. The van der Waals surface area contributed by atoms with Crippen LogP contribution in [0.5, 0.6) is 0 Å². The lowest BCUT2D eigenvalue weighted by Crippen LogP contribution is -2.15. The minimum atomic E-state index is 0.191. The SMILES string of the molecule is Nc1ncnc2c1ncn2[C@@H]1C=CC[C@H]1CCO. The molecule has 6 heteroatoms. The number of imidazole rings is 1. The maximum Gasteiger partial charge on any atom is 0.165 e. The van der Waals surface area contributed by atoms with Crippen molar-refractivity contribution in [3.05, 3.63) is 24.8 Å². The average Bonchev–Trinajstić information content (AvgIpc) is 2.96. The molecule has 2 aromatic heterocycles. The lowest BCUT2D eigenvalue weighted by Gasteiger charge is -2.19. The van der Waals surface area contributed by atoms with E-state index in [0.717, 1.165) is 18.5 Å². The first-order valence-electron chi connectivity index (χ1n) is 6.02. The van der Waals surface area contributed by atoms with Crippen LogP contribution in [0.4, 0.5) is 5.82 Å². The molecular formula is C12H15N5O. The van der Waals surface area contributed by atoms with E-state index in [0.29, 0.717) is 17.3 Å². The number of nitrogen functional groups attached to an aromatic ring is 1. The number of aliphatic hydroxyl groups excluding tert-OH is 1. The van der Waals surface area contributed by atoms with E-state index >= 15 is 0 Å². The highest BCUT2D eigenvalue weighted by Gasteiger charge is 2.25. The first kappa shape index (κ1) is 11.2. The molecular weight excluding hydrogens is 230 g/mol. The summed E-state index contributed by atoms with van der Waals surface area (Å²) in [5.41, 5.74) is 7.17. The average molecular weight is 245 g/mol. The second kappa shape index (κ2) is 4.38. The van der Waals surface area contributed by atoms with Gasteiger partial charge in [-0.15, -0.1) is 0 Å². The fourth-order valence-corrected chi connectivity index (χ4v) is 2.55. The zero-order chi connectivity index (χ0) is 12.5. The molecule has 0 bridgehead atoms. The molecule has 2 heterocycles. The zero-order valence-corrected chi connectivity index (χ0v) is 9.90. The molecule has 1 aliphatic carbocycles. The van der Waals surface area contributed by atoms with Gasteiger partial charge in [-0.05, 0) is 18.8 Å². The van der Waals surface area contributed by atoms with Crippen molar-refractivity contribution in [3.8, 4) is 0 Å². The molecule has 0 spiro atoms. The summed E-state index contributed by atoms with van der Waals surface area (Å²) < 4.78 is 2.01. The van der Waals surface area contributed by atoms with Gasteiger partial charge >= 0.3 is 0 Å². The highest BCUT2D eigenvalue weighted by molar-refractivity contribution is 5.81. The van der Waals surface area contributed by atoms with Crippen molar-refractivity contribution in [2.75, 3.05) is 12.3 Å². The number of hydrogen-bond acceptors (Lipinski definition) is 5. The monoisotopic (exact) mass is 245 g/mol. The summed E-state index contributed by atoms with van der Waals surface area (Å²) in [4.78, 5) is 12.5. The maximum absolute atomic E-state index is 9.10. The predicted molar refractivity (Wildman–Crippen MR) is 67.7 cm³/mol. The Morgan fingerprint density at radius 3 is 3.11 bits per heavy atom. The van der Waals surface area contributed by atoms with Gasteiger partial charge in [0.05, 0.1) is 12.4 Å². The molecule has 2 atom stereocenters. The van der Waals surface area contributed by atoms with Gasteiger partial charge in [0.1, 0.15) is 11.8 Å². The number of allylic oxidation sites excluding steroid dienone is 2. The van der Waals surface area contributed by atoms with E-state index in [1.807, 2.05) is 4.57 Å². The highest BCUT2D eigenvalue weighted by Crippen LogP contribution is 2.34. The Morgan fingerprint density at radius 2 is 2.28 bits per heavy atom. The number of nitrogens with zero attached hydrogens (tertiary/aromatic N) is 4. The quantitative estimate of drug-likeness (QED) is 0.784. The molecule has 94 valence electrons. The van der Waals surface area contributed by atoms with Crippen LogP contribution in [-0.2, 0) is 0 Å². The Morgan fingerprint density at radius 1 is 1.39 bits per heavy atom. The predicted octanol–water partition coefficient (Wildman–Crippen LogP) is 0.908. The van der Waals surface area contributed by atoms with Crippen molar-refractivity contribution in [2.45, 2.75) is 18.9 Å². The van der Waals surface area contributed by atoms with Gasteiger partial charge in [-0.1, -0.05) is 12.2 Å². The summed E-state index contributed by atoms with van der Waals surface area (Å²) in [6.45, 7) is 0.201. The smallest absolute Gasteiger partial charge is 0.165 e. The molecule has 0 unspecified atom stereocenters. The standard InChI is InChI=1S/C12H15N5O/c13-11-10-12(15-6-14-11)17(7-16-10)9-3-1-2-8(9)4-5-18/h1,3,6-9,18H,2,4-5H2,(H2,13,14,15)/t8-,9+/m0/s1. The molecule has 1 aliphatic rings. The Balaban J connectivity index is 2.04. The van der Waals surface area contributed by atoms with Crippen molar-refractivity contribution in [1.82, 2.24) is 19.5 Å². The van der Waals surface area contributed by atoms with Gasteiger partial charge in [-0.2, -0.15) is 0 Å². The van der Waals surface area contributed by atoms with Gasteiger partial charge in [0, 0.05) is 6.61 Å². The van der Waals surface area contributed by atoms with Crippen molar-refractivity contribution < 1.29 is 5.11 Å². The van der Waals surface area contributed by atoms with Crippen molar-refractivity contribution >= 4 is 17.0 Å². The summed E-state index contributed by atoms with van der Waals surface area (Å²) in [6.07, 6.45) is 9.24. The van der Waals surface area contributed by atoms with E-state index in [-0.39, 0.29) is 12.6 Å². The van der Waals surface area contributed by atoms with E-state index in [1.54, 1.807) is 6.33 Å². The van der Waals surface area contributed by atoms with Crippen molar-refractivity contribution in [3.63, 3.8) is 0 Å². The Hall–Kier alpha value is -1.95. The Kier molecular flexibility index (Phi) is 2.71. The van der Waals surface area contributed by atoms with Crippen LogP contribution in [0.15, 0.2) is 24.8 Å². The van der Waals surface area contributed by atoms with Crippen LogP contribution in [-0.4, -0.2) is 31.2 Å². The maximum atomic E-state index is 9.10. The highest BCUT2D eigenvalue weighted by atomic mass is 16.3. The van der Waals surface area contributed by atoms with Gasteiger partial charge in [-0.25, -0.2) is 15.0 Å². The van der Waals surface area contributed by atoms with Crippen molar-refractivity contribution in [2.24, 2.45) is 5.92 Å². The minimum Gasteiger partial charge on any atom is -0.396 e. The number of hydrogen-bond donors (Lipinski definition) is 2. The third-order valence-electron chi connectivity index (χ3n) is 3.46. The lowest BCUT2D eigenvalue weighted by atomic mass is 9.99. The molecule has 0 fully saturated rings. The summed E-state index contributed by atoms with van der Waals surface area (Å²) in [5, 5.41) is 9.10. The van der Waals surface area contributed by atoms with Crippen LogP contribution in [0, 0.1) is 5.92 Å². The van der Waals surface area contributed by atoms with Gasteiger partial charge in [-0.3, -0.25) is 0 Å². The van der Waals surface area contributed by atoms with Crippen LogP contribution in [0.1, 0.15) is 18.9 Å². The minimum absolute atomic E-state index is 0.191. The Labute approximate surface area is 104 Å². The summed E-state index contributed by atoms with van der Waals surface area (Å²) >= 11 is 0. The van der Waals surface area contributed by atoms with E-state index in [1.165, 1.54) is 6.33 Å². The van der Waals surface area contributed by atoms with Crippen molar-refractivity contribution in [1.29, 1.82) is 0 Å². The number of aromatic nitrogens is 4. The van der Waals surface area contributed by atoms with E-state index in [4.69, 9.17) is 10.8 Å². The zero-order valence-electron chi connectivity index (χ0n) is 9.90. The lowest BCUT2D eigenvalue weighted by molar-refractivity contribution is 0.242. The molecule has 3 N–H and O–H groups in total. The summed E-state index contributed by atoms with van der Waals surface area (Å²) in [5.74, 6) is 0.794. The number of aliphatic hydroxyl groups is 1. The molecule has 0 saturated carbocycles. The molecule has 0 aliphatic heterocycles. The summed E-state index contributed by atoms with van der Waals surface area (Å²) in [6, 6.07) is 0.191. The van der Waals surface area contributed by atoms with Crippen LogP contribution in [0.25, 0.3) is 11.2 Å². The second-order valence-corrected chi connectivity index (χ2v) is 4.51. The van der Waals surface area contributed by atoms with Gasteiger partial charge < -0.3 is 15.4 Å². The van der Waals surface area contributed by atoms with Crippen LogP contribution >= 0.6 is 0 Å².